The molecular formula is C15H23N3O4S. The Hall–Kier alpha value is -1.67. The molecule has 1 aliphatic carbocycles. The average Bonchev–Trinajstić information content (AvgIpc) is 2.88. The van der Waals surface area contributed by atoms with Crippen LogP contribution in [0.2, 0.25) is 0 Å². The first kappa shape index (κ1) is 17.7. The van der Waals surface area contributed by atoms with Gasteiger partial charge in [-0.05, 0) is 45.7 Å². The first-order valence-corrected chi connectivity index (χ1v) is 9.16. The highest BCUT2D eigenvalue weighted by molar-refractivity contribution is 7.89. The number of nitrogens with one attached hydrogen (secondary N) is 2. The van der Waals surface area contributed by atoms with E-state index in [0.29, 0.717) is 5.69 Å². The van der Waals surface area contributed by atoms with Gasteiger partial charge in [0.15, 0.2) is 0 Å². The first-order chi connectivity index (χ1) is 10.6. The molecule has 0 radical (unpaired) electrons. The molecule has 2 N–H and O–H groups in total. The Morgan fingerprint density at radius 2 is 1.83 bits per heavy atom. The van der Waals surface area contributed by atoms with Crippen molar-refractivity contribution in [2.24, 2.45) is 0 Å². The van der Waals surface area contributed by atoms with Crippen LogP contribution in [0.5, 0.6) is 0 Å². The highest BCUT2D eigenvalue weighted by Gasteiger charge is 2.26. The van der Waals surface area contributed by atoms with Gasteiger partial charge in [-0.15, -0.1) is 0 Å². The summed E-state index contributed by atoms with van der Waals surface area (Å²) in [5, 5.41) is 14.5. The Morgan fingerprint density at radius 3 is 2.35 bits per heavy atom. The van der Waals surface area contributed by atoms with Gasteiger partial charge in [0.05, 0.1) is 9.82 Å². The van der Waals surface area contributed by atoms with Gasteiger partial charge in [0.2, 0.25) is 10.0 Å². The molecule has 8 heteroatoms. The van der Waals surface area contributed by atoms with Crippen LogP contribution in [0.3, 0.4) is 0 Å². The van der Waals surface area contributed by atoms with E-state index in [1.54, 1.807) is 20.8 Å². The largest absolute Gasteiger partial charge is 0.377 e. The highest BCUT2D eigenvalue weighted by atomic mass is 32.2. The van der Waals surface area contributed by atoms with Gasteiger partial charge in [0.25, 0.3) is 5.69 Å². The fraction of sp³-hybridized carbons (Fsp3) is 0.600. The third-order valence-electron chi connectivity index (χ3n) is 3.63. The van der Waals surface area contributed by atoms with E-state index in [4.69, 9.17) is 0 Å². The minimum Gasteiger partial charge on any atom is -0.377 e. The molecule has 1 saturated carbocycles. The van der Waals surface area contributed by atoms with Crippen LogP contribution in [0.15, 0.2) is 23.1 Å². The summed E-state index contributed by atoms with van der Waals surface area (Å²) in [4.78, 5) is 10.7. The summed E-state index contributed by atoms with van der Waals surface area (Å²) in [5.74, 6) is 0. The Kier molecular flexibility index (Phi) is 4.95. The van der Waals surface area contributed by atoms with Crippen molar-refractivity contribution in [2.75, 3.05) is 5.32 Å². The van der Waals surface area contributed by atoms with Crippen molar-refractivity contribution in [2.45, 2.75) is 62.9 Å². The molecule has 1 fully saturated rings. The molecule has 1 aliphatic rings. The molecule has 0 atom stereocenters. The van der Waals surface area contributed by atoms with E-state index in [9.17, 15) is 18.5 Å². The summed E-state index contributed by atoms with van der Waals surface area (Å²) in [5.41, 5.74) is -0.501. The molecule has 7 nitrogen and oxygen atoms in total. The van der Waals surface area contributed by atoms with E-state index in [1.165, 1.54) is 12.1 Å². The number of nitro benzene ring substituents is 1. The molecule has 0 spiro atoms. The van der Waals surface area contributed by atoms with Crippen LogP contribution in [0, 0.1) is 10.1 Å². The van der Waals surface area contributed by atoms with Crippen molar-refractivity contribution in [3.8, 4) is 0 Å². The molecular weight excluding hydrogens is 318 g/mol. The molecule has 0 saturated heterocycles. The Morgan fingerprint density at radius 1 is 1.22 bits per heavy atom. The number of hydrogen-bond acceptors (Lipinski definition) is 5. The lowest BCUT2D eigenvalue weighted by Gasteiger charge is -2.20. The summed E-state index contributed by atoms with van der Waals surface area (Å²) in [6, 6.07) is 4.21. The molecule has 128 valence electrons. The molecule has 1 aromatic rings. The smallest absolute Gasteiger partial charge is 0.293 e. The number of benzene rings is 1. The number of hydrogen-bond donors (Lipinski definition) is 2. The minimum absolute atomic E-state index is 0.101. The fourth-order valence-corrected chi connectivity index (χ4v) is 4.14. The monoisotopic (exact) mass is 341 g/mol. The number of rotatable bonds is 5. The van der Waals surface area contributed by atoms with Crippen molar-refractivity contribution in [3.05, 3.63) is 28.3 Å². The summed E-state index contributed by atoms with van der Waals surface area (Å²) in [6.07, 6.45) is 4.16. The molecule has 0 aromatic heterocycles. The Labute approximate surface area is 136 Å². The molecule has 2 rings (SSSR count). The summed E-state index contributed by atoms with van der Waals surface area (Å²) in [6.45, 7) is 5.15. The predicted molar refractivity (Wildman–Crippen MR) is 89.0 cm³/mol. The van der Waals surface area contributed by atoms with Crippen molar-refractivity contribution >= 4 is 21.4 Å². The second-order valence-corrected chi connectivity index (χ2v) is 8.60. The summed E-state index contributed by atoms with van der Waals surface area (Å²) >= 11 is 0. The lowest BCUT2D eigenvalue weighted by molar-refractivity contribution is -0.384. The highest BCUT2D eigenvalue weighted by Crippen LogP contribution is 2.31. The van der Waals surface area contributed by atoms with Crippen LogP contribution >= 0.6 is 0 Å². The minimum atomic E-state index is -3.80. The van der Waals surface area contributed by atoms with E-state index >= 15 is 0 Å². The van der Waals surface area contributed by atoms with Crippen molar-refractivity contribution in [1.29, 1.82) is 0 Å². The van der Waals surface area contributed by atoms with Gasteiger partial charge in [-0.2, -0.15) is 0 Å². The van der Waals surface area contributed by atoms with E-state index in [2.05, 4.69) is 10.0 Å². The first-order valence-electron chi connectivity index (χ1n) is 7.67. The van der Waals surface area contributed by atoms with E-state index in [-0.39, 0.29) is 16.6 Å². The van der Waals surface area contributed by atoms with E-state index < -0.39 is 20.5 Å². The van der Waals surface area contributed by atoms with Gasteiger partial charge in [-0.3, -0.25) is 10.1 Å². The quantitative estimate of drug-likeness (QED) is 0.633. The van der Waals surface area contributed by atoms with Gasteiger partial charge in [0.1, 0.15) is 5.69 Å². The second kappa shape index (κ2) is 6.45. The van der Waals surface area contributed by atoms with Crippen LogP contribution in [0.1, 0.15) is 46.5 Å². The van der Waals surface area contributed by atoms with Crippen LogP contribution in [-0.2, 0) is 10.0 Å². The van der Waals surface area contributed by atoms with E-state index in [0.717, 1.165) is 31.7 Å². The van der Waals surface area contributed by atoms with Crippen molar-refractivity contribution < 1.29 is 13.3 Å². The zero-order valence-electron chi connectivity index (χ0n) is 13.6. The van der Waals surface area contributed by atoms with Gasteiger partial charge in [-0.25, -0.2) is 13.1 Å². The molecule has 0 amide bonds. The maximum Gasteiger partial charge on any atom is 0.293 e. The van der Waals surface area contributed by atoms with Gasteiger partial charge in [0, 0.05) is 17.6 Å². The lowest BCUT2D eigenvalue weighted by Crippen LogP contribution is -2.40. The SMILES string of the molecule is CC(C)(C)NS(=O)(=O)c1ccc(NC2CCCC2)c([N+](=O)[O-])c1. The van der Waals surface area contributed by atoms with E-state index in [1.807, 2.05) is 0 Å². The van der Waals surface area contributed by atoms with Crippen LogP contribution in [0.4, 0.5) is 11.4 Å². The molecule has 0 unspecified atom stereocenters. The fourth-order valence-electron chi connectivity index (χ4n) is 2.70. The molecule has 23 heavy (non-hydrogen) atoms. The van der Waals surface area contributed by atoms with Gasteiger partial charge < -0.3 is 5.32 Å². The topological polar surface area (TPSA) is 101 Å². The second-order valence-electron chi connectivity index (χ2n) is 6.92. The maximum absolute atomic E-state index is 12.3. The van der Waals surface area contributed by atoms with Crippen molar-refractivity contribution in [3.63, 3.8) is 0 Å². The van der Waals surface area contributed by atoms with Crippen LogP contribution in [-0.4, -0.2) is 24.9 Å². The number of sulfonamides is 1. The predicted octanol–water partition coefficient (Wildman–Crippen LogP) is 3.03. The molecule has 1 aromatic carbocycles. The Balaban J connectivity index is 2.33. The van der Waals surface area contributed by atoms with Gasteiger partial charge >= 0.3 is 0 Å². The third kappa shape index (κ3) is 4.65. The molecule has 0 heterocycles. The lowest BCUT2D eigenvalue weighted by atomic mass is 10.1. The summed E-state index contributed by atoms with van der Waals surface area (Å²) in [7, 11) is -3.80. The molecule has 0 aliphatic heterocycles. The zero-order chi connectivity index (χ0) is 17.3. The average molecular weight is 341 g/mol. The normalized spacial score (nSPS) is 16.5. The number of nitro groups is 1. The number of nitrogens with zero attached hydrogens (tertiary/aromatic N) is 1. The molecule has 0 bridgehead atoms. The maximum atomic E-state index is 12.3. The Bertz CT molecular complexity index is 689. The van der Waals surface area contributed by atoms with Crippen molar-refractivity contribution in [1.82, 2.24) is 4.72 Å². The summed E-state index contributed by atoms with van der Waals surface area (Å²) < 4.78 is 27.1. The number of anilines is 1. The van der Waals surface area contributed by atoms with Crippen LogP contribution in [0.25, 0.3) is 0 Å². The standard InChI is InChI=1S/C15H23N3O4S/c1-15(2,3)17-23(21,22)12-8-9-13(14(10-12)18(19)20)16-11-6-4-5-7-11/h8-11,16-17H,4-7H2,1-3H3. The zero-order valence-corrected chi connectivity index (χ0v) is 14.4. The van der Waals surface area contributed by atoms with Crippen LogP contribution < -0.4 is 10.0 Å². The third-order valence-corrected chi connectivity index (χ3v) is 5.39. The van der Waals surface area contributed by atoms with Gasteiger partial charge in [-0.1, -0.05) is 12.8 Å².